The third-order valence-electron chi connectivity index (χ3n) is 2.36. The minimum atomic E-state index is -0.256. The number of hydrogen-bond donors (Lipinski definition) is 1. The number of rotatable bonds is 1. The molecule has 0 unspecified atom stereocenters. The van der Waals surface area contributed by atoms with Crippen LogP contribution in [0.1, 0.15) is 30.5 Å². The molecule has 3 nitrogen and oxygen atoms in total. The van der Waals surface area contributed by atoms with Crippen LogP contribution in [0.4, 0.5) is 0 Å². The smallest absolute Gasteiger partial charge is 0.305 e. The van der Waals surface area contributed by atoms with E-state index in [9.17, 15) is 4.79 Å². The second-order valence-corrected chi connectivity index (χ2v) is 3.37. The van der Waals surface area contributed by atoms with Crippen molar-refractivity contribution < 1.29 is 0 Å². The van der Waals surface area contributed by atoms with Gasteiger partial charge in [-0.3, -0.25) is 0 Å². The van der Waals surface area contributed by atoms with E-state index in [-0.39, 0.29) is 5.69 Å². The predicted molar refractivity (Wildman–Crippen MR) is 51.4 cm³/mol. The molecule has 0 saturated carbocycles. The second-order valence-electron chi connectivity index (χ2n) is 3.37. The van der Waals surface area contributed by atoms with Gasteiger partial charge in [0.25, 0.3) is 0 Å². The number of nitrogens with zero attached hydrogens (tertiary/aromatic N) is 1. The lowest BCUT2D eigenvalue weighted by Crippen LogP contribution is -2.12. The molecule has 1 aromatic rings. The first-order chi connectivity index (χ1) is 6.27. The molecule has 0 atom stereocenters. The van der Waals surface area contributed by atoms with Crippen LogP contribution in [0.2, 0.25) is 0 Å². The number of nitrogens with one attached hydrogen (secondary N) is 1. The van der Waals surface area contributed by atoms with Crippen LogP contribution in [0.25, 0.3) is 5.57 Å². The summed E-state index contributed by atoms with van der Waals surface area (Å²) in [4.78, 5) is 17.5. The number of hydrogen-bond acceptors (Lipinski definition) is 2. The lowest BCUT2D eigenvalue weighted by atomic mass is 10.1. The molecule has 1 N–H and O–H groups in total. The van der Waals surface area contributed by atoms with E-state index in [1.54, 1.807) is 6.20 Å². The minimum absolute atomic E-state index is 0.256. The van der Waals surface area contributed by atoms with Gasteiger partial charge in [-0.25, -0.2) is 9.78 Å². The van der Waals surface area contributed by atoms with Gasteiger partial charge in [0, 0.05) is 11.9 Å². The molecule has 1 aliphatic carbocycles. The molecule has 0 bridgehead atoms. The quantitative estimate of drug-likeness (QED) is 0.707. The van der Waals surface area contributed by atoms with E-state index in [0.29, 0.717) is 0 Å². The molecular weight excluding hydrogens is 164 g/mol. The van der Waals surface area contributed by atoms with Crippen molar-refractivity contribution in [2.45, 2.75) is 26.2 Å². The van der Waals surface area contributed by atoms with Crippen LogP contribution in [0.3, 0.4) is 0 Å². The highest BCUT2D eigenvalue weighted by atomic mass is 16.1. The molecule has 0 spiro atoms. The topological polar surface area (TPSA) is 45.8 Å². The van der Waals surface area contributed by atoms with Crippen molar-refractivity contribution >= 4 is 5.57 Å². The Morgan fingerprint density at radius 3 is 3.08 bits per heavy atom. The van der Waals surface area contributed by atoms with Gasteiger partial charge in [0.1, 0.15) is 0 Å². The number of H-pyrrole nitrogens is 1. The fourth-order valence-electron chi connectivity index (χ4n) is 1.69. The lowest BCUT2D eigenvalue weighted by molar-refractivity contribution is 0.927. The molecule has 13 heavy (non-hydrogen) atoms. The summed E-state index contributed by atoms with van der Waals surface area (Å²) in [5, 5.41) is 0. The van der Waals surface area contributed by atoms with Crippen molar-refractivity contribution in [3.63, 3.8) is 0 Å². The summed E-state index contributed by atoms with van der Waals surface area (Å²) < 4.78 is 0. The molecule has 1 aliphatic rings. The number of allylic oxidation sites excluding steroid dienone is 2. The van der Waals surface area contributed by atoms with E-state index >= 15 is 0 Å². The fraction of sp³-hybridized carbons (Fsp3) is 0.400. The maximum Gasteiger partial charge on any atom is 0.345 e. The standard InChI is InChI=1S/C10H12N2O/c1-7-6-11-10(13)12-9(7)8-4-2-3-5-8/h4,6H,2-3,5H2,1H3,(H,11,12,13). The number of aromatic amines is 1. The molecule has 0 saturated heterocycles. The minimum Gasteiger partial charge on any atom is -0.305 e. The van der Waals surface area contributed by atoms with Gasteiger partial charge in [0.05, 0.1) is 0 Å². The molecule has 2 rings (SSSR count). The first-order valence-electron chi connectivity index (χ1n) is 4.53. The Morgan fingerprint density at radius 1 is 1.54 bits per heavy atom. The largest absolute Gasteiger partial charge is 0.345 e. The Bertz CT molecular complexity index is 404. The van der Waals surface area contributed by atoms with Crippen LogP contribution in [0.15, 0.2) is 17.1 Å². The Balaban J connectivity index is 2.49. The van der Waals surface area contributed by atoms with Gasteiger partial charge < -0.3 is 4.98 Å². The Morgan fingerprint density at radius 2 is 2.38 bits per heavy atom. The zero-order valence-corrected chi connectivity index (χ0v) is 7.63. The fourth-order valence-corrected chi connectivity index (χ4v) is 1.69. The molecule has 0 aliphatic heterocycles. The first kappa shape index (κ1) is 8.23. The molecule has 0 aromatic carbocycles. The van der Waals surface area contributed by atoms with Gasteiger partial charge in [-0.1, -0.05) is 6.08 Å². The van der Waals surface area contributed by atoms with Gasteiger partial charge in [0.15, 0.2) is 0 Å². The second kappa shape index (κ2) is 3.17. The van der Waals surface area contributed by atoms with Crippen molar-refractivity contribution in [2.75, 3.05) is 0 Å². The van der Waals surface area contributed by atoms with Gasteiger partial charge in [-0.2, -0.15) is 0 Å². The van der Waals surface area contributed by atoms with Gasteiger partial charge >= 0.3 is 5.69 Å². The highest BCUT2D eigenvalue weighted by molar-refractivity contribution is 5.66. The van der Waals surface area contributed by atoms with E-state index < -0.39 is 0 Å². The molecule has 0 amide bonds. The molecule has 3 heteroatoms. The average molecular weight is 176 g/mol. The van der Waals surface area contributed by atoms with Gasteiger partial charge in [-0.15, -0.1) is 0 Å². The van der Waals surface area contributed by atoms with Crippen molar-refractivity contribution in [3.8, 4) is 0 Å². The average Bonchev–Trinajstić information content (AvgIpc) is 2.61. The van der Waals surface area contributed by atoms with Crippen LogP contribution >= 0.6 is 0 Å². The zero-order valence-electron chi connectivity index (χ0n) is 7.63. The van der Waals surface area contributed by atoms with Gasteiger partial charge in [0.2, 0.25) is 0 Å². The third kappa shape index (κ3) is 1.54. The SMILES string of the molecule is Cc1cnc(=O)[nH]c1C1=CCCC1. The summed E-state index contributed by atoms with van der Waals surface area (Å²) >= 11 is 0. The molecule has 0 fully saturated rings. The van der Waals surface area contributed by atoms with Crippen molar-refractivity contribution in [1.82, 2.24) is 9.97 Å². The van der Waals surface area contributed by atoms with Crippen molar-refractivity contribution in [1.29, 1.82) is 0 Å². The Labute approximate surface area is 76.5 Å². The molecule has 68 valence electrons. The molecule has 0 radical (unpaired) electrons. The van der Waals surface area contributed by atoms with E-state index in [1.165, 1.54) is 12.0 Å². The van der Waals surface area contributed by atoms with Crippen LogP contribution in [-0.2, 0) is 0 Å². The van der Waals surface area contributed by atoms with Crippen LogP contribution in [0, 0.1) is 6.92 Å². The Kier molecular flexibility index (Phi) is 2.00. The van der Waals surface area contributed by atoms with Gasteiger partial charge in [-0.05, 0) is 37.3 Å². The summed E-state index contributed by atoms with van der Waals surface area (Å²) in [5.74, 6) is 0. The summed E-state index contributed by atoms with van der Waals surface area (Å²) in [6.07, 6.45) is 7.21. The third-order valence-corrected chi connectivity index (χ3v) is 2.36. The number of aryl methyl sites for hydroxylation is 1. The summed E-state index contributed by atoms with van der Waals surface area (Å²) in [5.41, 5.74) is 3.02. The van der Waals surface area contributed by atoms with Crippen LogP contribution in [-0.4, -0.2) is 9.97 Å². The maximum atomic E-state index is 11.0. The van der Waals surface area contributed by atoms with E-state index in [4.69, 9.17) is 0 Å². The predicted octanol–water partition coefficient (Wildman–Crippen LogP) is 1.65. The van der Waals surface area contributed by atoms with Crippen molar-refractivity contribution in [3.05, 3.63) is 34.0 Å². The van der Waals surface area contributed by atoms with Crippen molar-refractivity contribution in [2.24, 2.45) is 0 Å². The summed E-state index contributed by atoms with van der Waals surface area (Å²) in [7, 11) is 0. The summed E-state index contributed by atoms with van der Waals surface area (Å²) in [6.45, 7) is 1.97. The lowest BCUT2D eigenvalue weighted by Gasteiger charge is -2.04. The maximum absolute atomic E-state index is 11.0. The monoisotopic (exact) mass is 176 g/mol. The molecular formula is C10H12N2O. The highest BCUT2D eigenvalue weighted by Crippen LogP contribution is 2.26. The highest BCUT2D eigenvalue weighted by Gasteiger charge is 2.10. The number of aromatic nitrogens is 2. The Hall–Kier alpha value is -1.38. The molecule has 1 aromatic heterocycles. The first-order valence-corrected chi connectivity index (χ1v) is 4.53. The zero-order chi connectivity index (χ0) is 9.26. The molecule has 1 heterocycles. The van der Waals surface area contributed by atoms with E-state index in [2.05, 4.69) is 16.0 Å². The normalized spacial score (nSPS) is 15.9. The van der Waals surface area contributed by atoms with E-state index in [0.717, 1.165) is 24.1 Å². The summed E-state index contributed by atoms with van der Waals surface area (Å²) in [6, 6.07) is 0. The van der Waals surface area contributed by atoms with E-state index in [1.807, 2.05) is 6.92 Å². The van der Waals surface area contributed by atoms with Crippen LogP contribution < -0.4 is 5.69 Å². The van der Waals surface area contributed by atoms with Crippen LogP contribution in [0.5, 0.6) is 0 Å².